The van der Waals surface area contributed by atoms with E-state index in [1.54, 1.807) is 0 Å². The first-order chi connectivity index (χ1) is 6.27. The van der Waals surface area contributed by atoms with E-state index in [-0.39, 0.29) is 0 Å². The Balaban J connectivity index is 0.000000396. The van der Waals surface area contributed by atoms with E-state index in [0.29, 0.717) is 12.2 Å². The molecule has 0 fully saturated rings. The molecule has 1 nitrogen and oxygen atoms in total. The van der Waals surface area contributed by atoms with Gasteiger partial charge in [0, 0.05) is 12.0 Å². The Morgan fingerprint density at radius 1 is 1.15 bits per heavy atom. The number of carbonyl (C=O) groups is 1. The summed E-state index contributed by atoms with van der Waals surface area (Å²) in [7, 11) is 0. The zero-order valence-corrected chi connectivity index (χ0v) is 8.55. The third-order valence-electron chi connectivity index (χ3n) is 2.18. The van der Waals surface area contributed by atoms with Crippen LogP contribution in [0.3, 0.4) is 0 Å². The van der Waals surface area contributed by atoms with Crippen LogP contribution >= 0.6 is 0 Å². The lowest BCUT2D eigenvalue weighted by atomic mass is 10.1. The third kappa shape index (κ3) is 1.97. The number of carbonyl (C=O) groups excluding carboxylic acids is 1. The molecule has 1 aliphatic rings. The van der Waals surface area contributed by atoms with Gasteiger partial charge in [0.25, 0.3) is 0 Å². The maximum atomic E-state index is 11.2. The van der Waals surface area contributed by atoms with Crippen LogP contribution in [0.1, 0.15) is 41.8 Å². The molecule has 0 saturated carbocycles. The molecule has 0 amide bonds. The number of benzene rings is 1. The van der Waals surface area contributed by atoms with Crippen molar-refractivity contribution in [3.05, 3.63) is 34.9 Å². The summed E-state index contributed by atoms with van der Waals surface area (Å²) in [6, 6.07) is 6.06. The third-order valence-corrected chi connectivity index (χ3v) is 2.18. The Kier molecular flexibility index (Phi) is 3.24. The van der Waals surface area contributed by atoms with Crippen LogP contribution in [0.15, 0.2) is 18.2 Å². The number of fused-ring (bicyclic) bond motifs is 1. The average molecular weight is 176 g/mol. The molecule has 0 radical (unpaired) electrons. The highest BCUT2D eigenvalue weighted by molar-refractivity contribution is 6.00. The molecule has 13 heavy (non-hydrogen) atoms. The van der Waals surface area contributed by atoms with Crippen LogP contribution in [0, 0.1) is 6.92 Å². The topological polar surface area (TPSA) is 17.1 Å². The quantitative estimate of drug-likeness (QED) is 0.593. The number of hydrogen-bond donors (Lipinski definition) is 0. The first-order valence-corrected chi connectivity index (χ1v) is 4.90. The largest absolute Gasteiger partial charge is 0.294 e. The molecule has 1 aromatic carbocycles. The monoisotopic (exact) mass is 176 g/mol. The molecular formula is C12H16O. The molecule has 0 N–H and O–H groups in total. The van der Waals surface area contributed by atoms with Gasteiger partial charge in [0.2, 0.25) is 0 Å². The van der Waals surface area contributed by atoms with Crippen molar-refractivity contribution in [2.45, 2.75) is 33.6 Å². The van der Waals surface area contributed by atoms with Crippen molar-refractivity contribution < 1.29 is 4.79 Å². The summed E-state index contributed by atoms with van der Waals surface area (Å²) < 4.78 is 0. The molecule has 1 heteroatoms. The normalized spacial score (nSPS) is 13.3. The maximum Gasteiger partial charge on any atom is 0.163 e. The molecule has 0 aliphatic heterocycles. The zero-order valence-electron chi connectivity index (χ0n) is 8.55. The summed E-state index contributed by atoms with van der Waals surface area (Å²) >= 11 is 0. The van der Waals surface area contributed by atoms with E-state index in [0.717, 1.165) is 12.0 Å². The van der Waals surface area contributed by atoms with Gasteiger partial charge in [-0.15, -0.1) is 0 Å². The molecule has 1 aliphatic carbocycles. The number of ketones is 1. The van der Waals surface area contributed by atoms with Crippen LogP contribution in [0.4, 0.5) is 0 Å². The van der Waals surface area contributed by atoms with Gasteiger partial charge in [0.05, 0.1) is 0 Å². The number of aryl methyl sites for hydroxylation is 2. The summed E-state index contributed by atoms with van der Waals surface area (Å²) in [6.07, 6.45) is 1.65. The second kappa shape index (κ2) is 4.22. The van der Waals surface area contributed by atoms with Crippen LogP contribution in [-0.2, 0) is 6.42 Å². The lowest BCUT2D eigenvalue weighted by Crippen LogP contribution is -1.90. The van der Waals surface area contributed by atoms with E-state index >= 15 is 0 Å². The van der Waals surface area contributed by atoms with Crippen molar-refractivity contribution in [2.75, 3.05) is 0 Å². The lowest BCUT2D eigenvalue weighted by molar-refractivity contribution is 0.0994. The van der Waals surface area contributed by atoms with E-state index in [1.165, 1.54) is 11.1 Å². The highest BCUT2D eigenvalue weighted by Crippen LogP contribution is 2.22. The van der Waals surface area contributed by atoms with Crippen LogP contribution < -0.4 is 0 Å². The fourth-order valence-corrected chi connectivity index (χ4v) is 1.58. The lowest BCUT2D eigenvalue weighted by Gasteiger charge is -1.97. The van der Waals surface area contributed by atoms with Crippen LogP contribution in [0.25, 0.3) is 0 Å². The Hall–Kier alpha value is -1.11. The van der Waals surface area contributed by atoms with E-state index in [2.05, 4.69) is 13.0 Å². The van der Waals surface area contributed by atoms with Crippen molar-refractivity contribution in [1.82, 2.24) is 0 Å². The minimum Gasteiger partial charge on any atom is -0.294 e. The number of rotatable bonds is 0. The van der Waals surface area contributed by atoms with E-state index in [9.17, 15) is 4.79 Å². The smallest absolute Gasteiger partial charge is 0.163 e. The molecule has 0 aromatic heterocycles. The Morgan fingerprint density at radius 2 is 1.85 bits per heavy atom. The van der Waals surface area contributed by atoms with Gasteiger partial charge in [-0.3, -0.25) is 4.79 Å². The van der Waals surface area contributed by atoms with Gasteiger partial charge in [-0.05, 0) is 18.9 Å². The first kappa shape index (κ1) is 9.97. The summed E-state index contributed by atoms with van der Waals surface area (Å²) in [5, 5.41) is 0. The van der Waals surface area contributed by atoms with Crippen LogP contribution in [0.2, 0.25) is 0 Å². The van der Waals surface area contributed by atoms with Crippen molar-refractivity contribution in [1.29, 1.82) is 0 Å². The van der Waals surface area contributed by atoms with E-state index in [4.69, 9.17) is 0 Å². The van der Waals surface area contributed by atoms with Crippen molar-refractivity contribution in [3.8, 4) is 0 Å². The average Bonchev–Trinajstić information content (AvgIpc) is 2.51. The number of Topliss-reactive ketones (excluding diaryl/α,β-unsaturated/α-hetero) is 1. The predicted octanol–water partition coefficient (Wildman–Crippen LogP) is 3.15. The highest BCUT2D eigenvalue weighted by Gasteiger charge is 2.18. The Bertz CT molecular complexity index is 313. The molecular weight excluding hydrogens is 160 g/mol. The molecule has 0 unspecified atom stereocenters. The summed E-state index contributed by atoms with van der Waals surface area (Å²) in [6.45, 7) is 6.06. The van der Waals surface area contributed by atoms with E-state index in [1.807, 2.05) is 26.0 Å². The van der Waals surface area contributed by atoms with Crippen molar-refractivity contribution in [2.24, 2.45) is 0 Å². The molecule has 0 atom stereocenters. The highest BCUT2D eigenvalue weighted by atomic mass is 16.1. The second-order valence-electron chi connectivity index (χ2n) is 3.08. The molecule has 0 saturated heterocycles. The first-order valence-electron chi connectivity index (χ1n) is 4.90. The molecule has 2 rings (SSSR count). The predicted molar refractivity (Wildman–Crippen MR) is 55.2 cm³/mol. The van der Waals surface area contributed by atoms with Gasteiger partial charge in [-0.1, -0.05) is 37.6 Å². The van der Waals surface area contributed by atoms with Crippen molar-refractivity contribution in [3.63, 3.8) is 0 Å². The fraction of sp³-hybridized carbons (Fsp3) is 0.417. The zero-order chi connectivity index (χ0) is 9.84. The van der Waals surface area contributed by atoms with Crippen molar-refractivity contribution >= 4 is 5.78 Å². The van der Waals surface area contributed by atoms with Gasteiger partial charge in [-0.2, -0.15) is 0 Å². The van der Waals surface area contributed by atoms with Gasteiger partial charge in [0.1, 0.15) is 0 Å². The van der Waals surface area contributed by atoms with Gasteiger partial charge >= 0.3 is 0 Å². The second-order valence-corrected chi connectivity index (χ2v) is 3.08. The summed E-state index contributed by atoms with van der Waals surface area (Å²) in [5.74, 6) is 0.306. The molecule has 0 spiro atoms. The minimum atomic E-state index is 0.306. The van der Waals surface area contributed by atoms with Gasteiger partial charge < -0.3 is 0 Å². The van der Waals surface area contributed by atoms with Crippen LogP contribution in [0.5, 0.6) is 0 Å². The molecule has 0 bridgehead atoms. The standard InChI is InChI=1S/C10H10O.C2H6/c1-7-2-4-9-8(6-7)3-5-10(9)11;1-2/h2,4,6H,3,5H2,1H3;1-2H3. The maximum absolute atomic E-state index is 11.2. The molecule has 1 aromatic rings. The summed E-state index contributed by atoms with van der Waals surface area (Å²) in [5.41, 5.74) is 3.42. The van der Waals surface area contributed by atoms with Gasteiger partial charge in [0.15, 0.2) is 5.78 Å². The Morgan fingerprint density at radius 3 is 2.54 bits per heavy atom. The fourth-order valence-electron chi connectivity index (χ4n) is 1.58. The number of hydrogen-bond acceptors (Lipinski definition) is 1. The molecule has 0 heterocycles. The minimum absolute atomic E-state index is 0.306. The SMILES string of the molecule is CC.Cc1ccc2c(c1)CCC2=O. The molecule has 70 valence electrons. The van der Waals surface area contributed by atoms with Gasteiger partial charge in [-0.25, -0.2) is 0 Å². The Labute approximate surface area is 79.8 Å². The van der Waals surface area contributed by atoms with E-state index < -0.39 is 0 Å². The summed E-state index contributed by atoms with van der Waals surface area (Å²) in [4.78, 5) is 11.2. The van der Waals surface area contributed by atoms with Crippen LogP contribution in [-0.4, -0.2) is 5.78 Å².